The van der Waals surface area contributed by atoms with Crippen LogP contribution in [0.2, 0.25) is 6.32 Å². The Labute approximate surface area is 209 Å². The lowest BCUT2D eigenvalue weighted by atomic mass is 9.67. The lowest BCUT2D eigenvalue weighted by Crippen LogP contribution is -2.58. The molecule has 3 saturated heterocycles. The van der Waals surface area contributed by atoms with E-state index in [1.54, 1.807) is 25.7 Å². The maximum Gasteiger partial charge on any atom is 0.457 e. The molecule has 198 valence electrons. The van der Waals surface area contributed by atoms with Gasteiger partial charge in [-0.25, -0.2) is 9.59 Å². The monoisotopic (exact) mass is 495 g/mol. The van der Waals surface area contributed by atoms with Gasteiger partial charge < -0.3 is 29.0 Å². The third-order valence-electron chi connectivity index (χ3n) is 7.92. The summed E-state index contributed by atoms with van der Waals surface area (Å²) in [7, 11) is 1.07. The smallest absolute Gasteiger partial charge is 0.457 e. The van der Waals surface area contributed by atoms with E-state index in [4.69, 9.17) is 18.8 Å². The van der Waals surface area contributed by atoms with Gasteiger partial charge in [0.15, 0.2) is 0 Å². The zero-order valence-corrected chi connectivity index (χ0v) is 22.5. The highest BCUT2D eigenvalue weighted by Gasteiger charge is 2.66. The lowest BCUT2D eigenvalue weighted by molar-refractivity contribution is -0.151. The molecule has 0 aromatic heterocycles. The van der Waals surface area contributed by atoms with Gasteiger partial charge in [-0.3, -0.25) is 10.1 Å². The van der Waals surface area contributed by atoms with Gasteiger partial charge in [0, 0.05) is 12.0 Å². The van der Waals surface area contributed by atoms with Gasteiger partial charge in [0.1, 0.15) is 17.7 Å². The second-order valence-corrected chi connectivity index (χ2v) is 12.0. The van der Waals surface area contributed by atoms with Crippen LogP contribution in [-0.4, -0.2) is 85.6 Å². The van der Waals surface area contributed by atoms with E-state index in [2.05, 4.69) is 10.6 Å². The number of carbonyl (C=O) groups is 3. The Hall–Kier alpha value is -1.85. The molecule has 3 aliphatic rings. The molecule has 0 radical (unpaired) electrons. The van der Waals surface area contributed by atoms with E-state index in [0.717, 1.165) is 12.8 Å². The van der Waals surface area contributed by atoms with E-state index in [1.807, 2.05) is 27.7 Å². The number of alkyl carbamates (subject to hydrolysis) is 1. The van der Waals surface area contributed by atoms with Crippen molar-refractivity contribution in [3.63, 3.8) is 0 Å². The Morgan fingerprint density at radius 2 is 1.71 bits per heavy atom. The average Bonchev–Trinajstić information content (AvgIpc) is 3.29. The van der Waals surface area contributed by atoms with E-state index in [-0.39, 0.29) is 32.1 Å². The summed E-state index contributed by atoms with van der Waals surface area (Å²) in [5.41, 5.74) is -2.88. The first-order valence-corrected chi connectivity index (χ1v) is 12.5. The van der Waals surface area contributed by atoms with Crippen molar-refractivity contribution in [2.45, 2.75) is 96.4 Å². The molecule has 3 heterocycles. The van der Waals surface area contributed by atoms with Crippen molar-refractivity contribution < 1.29 is 33.2 Å². The fourth-order valence-corrected chi connectivity index (χ4v) is 5.45. The minimum absolute atomic E-state index is 0.198. The van der Waals surface area contributed by atoms with Crippen molar-refractivity contribution in [1.82, 2.24) is 15.5 Å². The van der Waals surface area contributed by atoms with Crippen LogP contribution in [-0.2, 0) is 28.4 Å². The standard InChI is InChI=1S/C24H42BN3O7/c1-20(2,3)33-19(31)26-14-17(29)28-15-23(11-13-27-24(23,16-28)18(30)32-8)10-9-12-25-34-21(4,5)22(6,7)35-25/h27H,9-16H2,1-8H3,(H,26,31)/t23-,24-/m1/s1. The first kappa shape index (κ1) is 27.7. The lowest BCUT2D eigenvalue weighted by Gasteiger charge is -2.36. The number of hydrogen-bond acceptors (Lipinski definition) is 8. The number of nitrogens with zero attached hydrogens (tertiary/aromatic N) is 1. The summed E-state index contributed by atoms with van der Waals surface area (Å²) < 4.78 is 22.7. The SMILES string of the molecule is COC(=O)[C@]12CN(C(=O)CNC(=O)OC(C)(C)C)C[C@@]1(CCCB1OC(C)(C)C(C)(C)O1)CCN2. The van der Waals surface area contributed by atoms with E-state index in [0.29, 0.717) is 25.8 Å². The average molecular weight is 495 g/mol. The molecule has 0 unspecified atom stereocenters. The van der Waals surface area contributed by atoms with Gasteiger partial charge in [-0.05, 0) is 74.2 Å². The van der Waals surface area contributed by atoms with Crippen LogP contribution in [0.15, 0.2) is 0 Å². The summed E-state index contributed by atoms with van der Waals surface area (Å²) in [5.74, 6) is -0.623. The molecule has 3 rings (SSSR count). The van der Waals surface area contributed by atoms with Crippen molar-refractivity contribution in [2.75, 3.05) is 33.3 Å². The highest BCUT2D eigenvalue weighted by molar-refractivity contribution is 6.45. The van der Waals surface area contributed by atoms with Crippen LogP contribution >= 0.6 is 0 Å². The van der Waals surface area contributed by atoms with Crippen LogP contribution in [0.1, 0.15) is 67.7 Å². The van der Waals surface area contributed by atoms with Gasteiger partial charge in [0.25, 0.3) is 0 Å². The molecule has 3 fully saturated rings. The molecule has 0 saturated carbocycles. The Morgan fingerprint density at radius 1 is 1.09 bits per heavy atom. The summed E-state index contributed by atoms with van der Waals surface area (Å²) in [6.45, 7) is 14.5. The molecular weight excluding hydrogens is 453 g/mol. The molecule has 11 heteroatoms. The predicted molar refractivity (Wildman–Crippen MR) is 131 cm³/mol. The zero-order chi connectivity index (χ0) is 26.3. The summed E-state index contributed by atoms with van der Waals surface area (Å²) in [4.78, 5) is 39.7. The van der Waals surface area contributed by atoms with E-state index >= 15 is 0 Å². The van der Waals surface area contributed by atoms with Crippen LogP contribution in [0.4, 0.5) is 4.79 Å². The largest absolute Gasteiger partial charge is 0.468 e. The number of fused-ring (bicyclic) bond motifs is 1. The molecule has 0 bridgehead atoms. The third kappa shape index (κ3) is 5.46. The van der Waals surface area contributed by atoms with Crippen molar-refractivity contribution >= 4 is 25.1 Å². The van der Waals surface area contributed by atoms with Crippen molar-refractivity contribution in [2.24, 2.45) is 5.41 Å². The molecule has 35 heavy (non-hydrogen) atoms. The summed E-state index contributed by atoms with van der Waals surface area (Å²) >= 11 is 0. The van der Waals surface area contributed by atoms with Gasteiger partial charge in [-0.2, -0.15) is 0 Å². The van der Waals surface area contributed by atoms with Crippen LogP contribution in [0.3, 0.4) is 0 Å². The number of hydrogen-bond donors (Lipinski definition) is 2. The van der Waals surface area contributed by atoms with Gasteiger partial charge in [-0.1, -0.05) is 6.42 Å². The van der Waals surface area contributed by atoms with Crippen LogP contribution < -0.4 is 10.6 Å². The van der Waals surface area contributed by atoms with E-state index in [1.165, 1.54) is 7.11 Å². The first-order valence-electron chi connectivity index (χ1n) is 12.5. The third-order valence-corrected chi connectivity index (χ3v) is 7.92. The van der Waals surface area contributed by atoms with Gasteiger partial charge in [0.2, 0.25) is 5.91 Å². The highest BCUT2D eigenvalue weighted by Crippen LogP contribution is 2.50. The quantitative estimate of drug-likeness (QED) is 0.408. The minimum atomic E-state index is -0.973. The molecule has 0 aliphatic carbocycles. The summed E-state index contributed by atoms with van der Waals surface area (Å²) in [5, 5.41) is 5.89. The van der Waals surface area contributed by atoms with Gasteiger partial charge in [0.05, 0.1) is 24.9 Å². The normalized spacial score (nSPS) is 29.1. The molecule has 0 spiro atoms. The van der Waals surface area contributed by atoms with Crippen molar-refractivity contribution in [3.8, 4) is 0 Å². The maximum absolute atomic E-state index is 13.0. The Balaban J connectivity index is 1.66. The fraction of sp³-hybridized carbons (Fsp3) is 0.875. The second kappa shape index (κ2) is 9.55. The number of ether oxygens (including phenoxy) is 2. The molecule has 2 N–H and O–H groups in total. The van der Waals surface area contributed by atoms with Gasteiger partial charge in [-0.15, -0.1) is 0 Å². The highest BCUT2D eigenvalue weighted by atomic mass is 16.7. The van der Waals surface area contributed by atoms with Crippen LogP contribution in [0, 0.1) is 5.41 Å². The molecular formula is C24H42BN3O7. The summed E-state index contributed by atoms with van der Waals surface area (Å²) in [6.07, 6.45) is 2.27. The van der Waals surface area contributed by atoms with Crippen molar-refractivity contribution in [1.29, 1.82) is 0 Å². The Kier molecular flexibility index (Phi) is 7.57. The van der Waals surface area contributed by atoms with E-state index in [9.17, 15) is 14.4 Å². The molecule has 2 atom stereocenters. The van der Waals surface area contributed by atoms with Crippen LogP contribution in [0.25, 0.3) is 0 Å². The zero-order valence-electron chi connectivity index (χ0n) is 22.5. The second-order valence-electron chi connectivity index (χ2n) is 12.0. The van der Waals surface area contributed by atoms with E-state index < -0.39 is 33.9 Å². The van der Waals surface area contributed by atoms with Gasteiger partial charge >= 0.3 is 19.2 Å². The fourth-order valence-electron chi connectivity index (χ4n) is 5.45. The number of rotatable bonds is 7. The minimum Gasteiger partial charge on any atom is -0.468 e. The number of nitrogens with one attached hydrogen (secondary N) is 2. The maximum atomic E-state index is 13.0. The summed E-state index contributed by atoms with van der Waals surface area (Å²) in [6, 6.07) is 0. The number of esters is 1. The Bertz CT molecular complexity index is 827. The Morgan fingerprint density at radius 3 is 2.29 bits per heavy atom. The topological polar surface area (TPSA) is 115 Å². The molecule has 3 aliphatic heterocycles. The number of carbonyl (C=O) groups excluding carboxylic acids is 3. The molecule has 10 nitrogen and oxygen atoms in total. The number of methoxy groups -OCH3 is 1. The molecule has 2 amide bonds. The number of amides is 2. The molecule has 0 aromatic rings. The molecule has 0 aromatic carbocycles. The van der Waals surface area contributed by atoms with Crippen LogP contribution in [0.5, 0.6) is 0 Å². The predicted octanol–water partition coefficient (Wildman–Crippen LogP) is 2.12. The van der Waals surface area contributed by atoms with Crippen molar-refractivity contribution in [3.05, 3.63) is 0 Å². The first-order chi connectivity index (χ1) is 16.1. The number of likely N-dealkylation sites (tertiary alicyclic amines) is 1.